The molecule has 0 bridgehead atoms. The second-order valence-corrected chi connectivity index (χ2v) is 4.48. The maximum absolute atomic E-state index is 13.9. The second kappa shape index (κ2) is 5.70. The number of Topliss-reactive ketones (excluding diaryl/α,β-unsaturated/α-hetero) is 1. The number of aryl methyl sites for hydroxylation is 1. The maximum atomic E-state index is 13.9. The number of rotatable bonds is 4. The fourth-order valence-electron chi connectivity index (χ4n) is 1.78. The lowest BCUT2D eigenvalue weighted by molar-refractivity contribution is -0.385. The molecule has 0 fully saturated rings. The van der Waals surface area contributed by atoms with Gasteiger partial charge in [-0.1, -0.05) is 12.1 Å². The third-order valence-corrected chi connectivity index (χ3v) is 2.94. The largest absolute Gasteiger partial charge is 0.447 e. The van der Waals surface area contributed by atoms with Crippen LogP contribution in [0.25, 0.3) is 0 Å². The Morgan fingerprint density at radius 1 is 1.24 bits per heavy atom. The molecule has 0 aliphatic carbocycles. The Hall–Kier alpha value is -2.76. The van der Waals surface area contributed by atoms with Gasteiger partial charge in [0.25, 0.3) is 0 Å². The summed E-state index contributed by atoms with van der Waals surface area (Å²) in [7, 11) is 0. The lowest BCUT2D eigenvalue weighted by Gasteiger charge is -2.09. The van der Waals surface area contributed by atoms with Crippen LogP contribution in [0.4, 0.5) is 10.1 Å². The summed E-state index contributed by atoms with van der Waals surface area (Å²) < 4.78 is 19.2. The molecule has 2 aromatic rings. The molecular formula is C15H12FNO4. The summed E-state index contributed by atoms with van der Waals surface area (Å²) in [5, 5.41) is 11.1. The molecule has 0 unspecified atom stereocenters. The van der Waals surface area contributed by atoms with E-state index in [0.29, 0.717) is 5.56 Å². The third kappa shape index (κ3) is 3.05. The Balaban J connectivity index is 2.46. The number of ketones is 1. The molecule has 0 aromatic heterocycles. The van der Waals surface area contributed by atoms with Crippen LogP contribution >= 0.6 is 0 Å². The molecule has 0 atom stereocenters. The van der Waals surface area contributed by atoms with Crippen molar-refractivity contribution in [3.8, 4) is 11.5 Å². The lowest BCUT2D eigenvalue weighted by atomic mass is 10.1. The van der Waals surface area contributed by atoms with Crippen molar-refractivity contribution in [2.75, 3.05) is 0 Å². The van der Waals surface area contributed by atoms with Crippen molar-refractivity contribution < 1.29 is 18.8 Å². The number of halogens is 1. The van der Waals surface area contributed by atoms with Crippen molar-refractivity contribution in [1.82, 2.24) is 0 Å². The van der Waals surface area contributed by atoms with E-state index in [2.05, 4.69) is 0 Å². The SMILES string of the molecule is CC(=O)c1ccc(Oc2cccc(C)c2F)c([N+](=O)[O-])c1. The summed E-state index contributed by atoms with van der Waals surface area (Å²) in [4.78, 5) is 21.7. The number of hydrogen-bond donors (Lipinski definition) is 0. The minimum absolute atomic E-state index is 0.103. The van der Waals surface area contributed by atoms with E-state index in [1.54, 1.807) is 19.1 Å². The van der Waals surface area contributed by atoms with E-state index in [1.807, 2.05) is 0 Å². The van der Waals surface area contributed by atoms with Gasteiger partial charge in [-0.25, -0.2) is 4.39 Å². The van der Waals surface area contributed by atoms with Crippen LogP contribution < -0.4 is 4.74 Å². The molecule has 2 rings (SSSR count). The first kappa shape index (κ1) is 14.6. The summed E-state index contributed by atoms with van der Waals surface area (Å²) in [6, 6.07) is 8.34. The Kier molecular flexibility index (Phi) is 3.98. The van der Waals surface area contributed by atoms with Gasteiger partial charge in [-0.2, -0.15) is 0 Å². The first-order valence-corrected chi connectivity index (χ1v) is 6.12. The van der Waals surface area contributed by atoms with Crippen LogP contribution in [0, 0.1) is 22.9 Å². The minimum atomic E-state index is -0.671. The third-order valence-electron chi connectivity index (χ3n) is 2.94. The number of carbonyl (C=O) groups is 1. The predicted octanol–water partition coefficient (Wildman–Crippen LogP) is 4.04. The summed E-state index contributed by atoms with van der Waals surface area (Å²) in [5.74, 6) is -1.10. The number of nitro benzene ring substituents is 1. The summed E-state index contributed by atoms with van der Waals surface area (Å²) in [5.41, 5.74) is 0.179. The van der Waals surface area contributed by atoms with E-state index in [-0.39, 0.29) is 28.5 Å². The van der Waals surface area contributed by atoms with E-state index in [0.717, 1.165) is 6.07 Å². The number of carbonyl (C=O) groups excluding carboxylic acids is 1. The first-order chi connectivity index (χ1) is 9.90. The molecule has 0 radical (unpaired) electrons. The fraction of sp³-hybridized carbons (Fsp3) is 0.133. The van der Waals surface area contributed by atoms with Crippen molar-refractivity contribution >= 4 is 11.5 Å². The average molecular weight is 289 g/mol. The zero-order valence-corrected chi connectivity index (χ0v) is 11.4. The highest BCUT2D eigenvalue weighted by molar-refractivity contribution is 5.95. The topological polar surface area (TPSA) is 69.4 Å². The highest BCUT2D eigenvalue weighted by Crippen LogP contribution is 2.34. The standard InChI is InChI=1S/C15H12FNO4/c1-9-4-3-5-14(15(9)16)21-13-7-6-11(10(2)18)8-12(13)17(19)20/h3-8H,1-2H3. The van der Waals surface area contributed by atoms with Crippen molar-refractivity contribution in [1.29, 1.82) is 0 Å². The fourth-order valence-corrected chi connectivity index (χ4v) is 1.78. The Morgan fingerprint density at radius 2 is 1.95 bits per heavy atom. The zero-order valence-electron chi connectivity index (χ0n) is 11.4. The van der Waals surface area contributed by atoms with E-state index >= 15 is 0 Å². The number of benzene rings is 2. The lowest BCUT2D eigenvalue weighted by Crippen LogP contribution is -1.99. The zero-order chi connectivity index (χ0) is 15.6. The van der Waals surface area contributed by atoms with Crippen molar-refractivity contribution in [3.05, 3.63) is 63.5 Å². The Labute approximate surface area is 120 Å². The first-order valence-electron chi connectivity index (χ1n) is 6.12. The molecule has 0 saturated heterocycles. The van der Waals surface area contributed by atoms with Crippen LogP contribution in [0.1, 0.15) is 22.8 Å². The van der Waals surface area contributed by atoms with Crippen LogP contribution in [-0.2, 0) is 0 Å². The van der Waals surface area contributed by atoms with Gasteiger partial charge in [-0.15, -0.1) is 0 Å². The highest BCUT2D eigenvalue weighted by atomic mass is 19.1. The van der Waals surface area contributed by atoms with Crippen LogP contribution in [0.15, 0.2) is 36.4 Å². The van der Waals surface area contributed by atoms with Gasteiger partial charge in [0.1, 0.15) is 0 Å². The molecule has 0 amide bonds. The average Bonchev–Trinajstić information content (AvgIpc) is 2.43. The molecule has 108 valence electrons. The van der Waals surface area contributed by atoms with Crippen LogP contribution in [0.3, 0.4) is 0 Å². The van der Waals surface area contributed by atoms with Gasteiger partial charge < -0.3 is 4.74 Å². The van der Waals surface area contributed by atoms with Gasteiger partial charge in [0.05, 0.1) is 4.92 Å². The molecule has 0 aliphatic heterocycles. The Morgan fingerprint density at radius 3 is 2.57 bits per heavy atom. The molecule has 0 spiro atoms. The Bertz CT molecular complexity index is 728. The quantitative estimate of drug-likeness (QED) is 0.484. The van der Waals surface area contributed by atoms with Gasteiger partial charge >= 0.3 is 5.69 Å². The van der Waals surface area contributed by atoms with Gasteiger partial charge in [0, 0.05) is 11.6 Å². The van der Waals surface area contributed by atoms with Gasteiger partial charge in [0.15, 0.2) is 17.3 Å². The predicted molar refractivity (Wildman–Crippen MR) is 74.3 cm³/mol. The molecule has 21 heavy (non-hydrogen) atoms. The van der Waals surface area contributed by atoms with Crippen LogP contribution in [0.5, 0.6) is 11.5 Å². The van der Waals surface area contributed by atoms with Crippen molar-refractivity contribution in [2.24, 2.45) is 0 Å². The number of nitrogens with zero attached hydrogens (tertiary/aromatic N) is 1. The van der Waals surface area contributed by atoms with Crippen LogP contribution in [-0.4, -0.2) is 10.7 Å². The molecule has 0 N–H and O–H groups in total. The minimum Gasteiger partial charge on any atom is -0.447 e. The summed E-state index contributed by atoms with van der Waals surface area (Å²) >= 11 is 0. The van der Waals surface area contributed by atoms with Crippen molar-refractivity contribution in [3.63, 3.8) is 0 Å². The van der Waals surface area contributed by atoms with Gasteiger partial charge in [-0.3, -0.25) is 14.9 Å². The van der Waals surface area contributed by atoms with E-state index in [4.69, 9.17) is 4.74 Å². The number of nitro groups is 1. The summed E-state index contributed by atoms with van der Waals surface area (Å²) in [6.45, 7) is 2.87. The molecule has 2 aromatic carbocycles. The summed E-state index contributed by atoms with van der Waals surface area (Å²) in [6.07, 6.45) is 0. The van der Waals surface area contributed by atoms with E-state index in [9.17, 15) is 19.3 Å². The van der Waals surface area contributed by atoms with Gasteiger partial charge in [0.2, 0.25) is 5.75 Å². The molecule has 5 nitrogen and oxygen atoms in total. The second-order valence-electron chi connectivity index (χ2n) is 4.48. The normalized spacial score (nSPS) is 10.2. The number of ether oxygens (including phenoxy) is 1. The number of hydrogen-bond acceptors (Lipinski definition) is 4. The highest BCUT2D eigenvalue weighted by Gasteiger charge is 2.19. The molecular weight excluding hydrogens is 277 g/mol. The molecule has 6 heteroatoms. The molecule has 0 aliphatic rings. The monoisotopic (exact) mass is 289 g/mol. The van der Waals surface area contributed by atoms with E-state index < -0.39 is 10.7 Å². The van der Waals surface area contributed by atoms with Crippen LogP contribution in [0.2, 0.25) is 0 Å². The molecule has 0 heterocycles. The molecule has 0 saturated carbocycles. The van der Waals surface area contributed by atoms with Crippen molar-refractivity contribution in [2.45, 2.75) is 13.8 Å². The van der Waals surface area contributed by atoms with E-state index in [1.165, 1.54) is 25.1 Å². The maximum Gasteiger partial charge on any atom is 0.312 e. The smallest absolute Gasteiger partial charge is 0.312 e. The van der Waals surface area contributed by atoms with Gasteiger partial charge in [-0.05, 0) is 37.6 Å².